The smallest absolute Gasteiger partial charge is 0.227 e. The average molecular weight is 278 g/mol. The van der Waals surface area contributed by atoms with Crippen LogP contribution in [0, 0.1) is 0 Å². The summed E-state index contributed by atoms with van der Waals surface area (Å²) in [4.78, 5) is 25.9. The molecule has 2 aliphatic heterocycles. The maximum atomic E-state index is 12.4. The molecule has 2 atom stereocenters. The molecule has 4 heteroatoms. The van der Waals surface area contributed by atoms with Crippen molar-refractivity contribution in [2.75, 3.05) is 0 Å². The second-order valence-electron chi connectivity index (χ2n) is 5.44. The number of nitrogens with zero attached hydrogens (tertiary/aromatic N) is 1. The van der Waals surface area contributed by atoms with Crippen molar-refractivity contribution in [1.29, 1.82) is 0 Å². The summed E-state index contributed by atoms with van der Waals surface area (Å²) in [5.74, 6) is 0.449. The third-order valence-electron chi connectivity index (χ3n) is 4.10. The first-order chi connectivity index (χ1) is 9.13. The Kier molecular flexibility index (Phi) is 3.31. The molecule has 0 N–H and O–H groups in total. The van der Waals surface area contributed by atoms with Gasteiger partial charge in [0, 0.05) is 29.9 Å². The van der Waals surface area contributed by atoms with Crippen LogP contribution in [0.3, 0.4) is 0 Å². The molecule has 2 heterocycles. The Hall–Kier alpha value is -1.35. The maximum Gasteiger partial charge on any atom is 0.227 e. The Morgan fingerprint density at radius 2 is 1.74 bits per heavy atom. The molecule has 0 aromatic heterocycles. The van der Waals surface area contributed by atoms with Gasteiger partial charge in [0.15, 0.2) is 0 Å². The number of carbonyl (C=O) groups is 2. The zero-order valence-corrected chi connectivity index (χ0v) is 11.4. The first-order valence-electron chi connectivity index (χ1n) is 6.71. The summed E-state index contributed by atoms with van der Waals surface area (Å²) in [7, 11) is 0. The number of Topliss-reactive ketones (excluding diaryl/α,β-unsaturated/α-hetero) is 1. The number of fused-ring (bicyclic) bond motifs is 2. The number of amides is 1. The molecule has 3 rings (SSSR count). The van der Waals surface area contributed by atoms with Crippen LogP contribution in [0.4, 0.5) is 0 Å². The monoisotopic (exact) mass is 277 g/mol. The molecule has 2 fully saturated rings. The lowest BCUT2D eigenvalue weighted by Crippen LogP contribution is -2.47. The highest BCUT2D eigenvalue weighted by atomic mass is 35.5. The number of rotatable bonds is 2. The molecule has 100 valence electrons. The molecule has 1 aromatic carbocycles. The second-order valence-corrected chi connectivity index (χ2v) is 5.87. The van der Waals surface area contributed by atoms with Crippen molar-refractivity contribution in [2.24, 2.45) is 0 Å². The van der Waals surface area contributed by atoms with E-state index in [9.17, 15) is 9.59 Å². The van der Waals surface area contributed by atoms with Crippen molar-refractivity contribution in [3.8, 4) is 0 Å². The van der Waals surface area contributed by atoms with Crippen LogP contribution in [0.5, 0.6) is 0 Å². The number of carbonyl (C=O) groups excluding carboxylic acids is 2. The van der Waals surface area contributed by atoms with E-state index in [1.165, 1.54) is 0 Å². The van der Waals surface area contributed by atoms with E-state index in [2.05, 4.69) is 0 Å². The van der Waals surface area contributed by atoms with Crippen LogP contribution >= 0.6 is 11.6 Å². The van der Waals surface area contributed by atoms with Gasteiger partial charge in [-0.05, 0) is 30.5 Å². The Balaban J connectivity index is 1.71. The summed E-state index contributed by atoms with van der Waals surface area (Å²) in [6, 6.07) is 7.67. The van der Waals surface area contributed by atoms with Crippen LogP contribution < -0.4 is 0 Å². The summed E-state index contributed by atoms with van der Waals surface area (Å²) in [5, 5.41) is 0.680. The van der Waals surface area contributed by atoms with Gasteiger partial charge in [-0.2, -0.15) is 0 Å². The predicted molar refractivity (Wildman–Crippen MR) is 73.1 cm³/mol. The van der Waals surface area contributed by atoms with Crippen molar-refractivity contribution >= 4 is 23.3 Å². The molecule has 0 aliphatic carbocycles. The van der Waals surface area contributed by atoms with Gasteiger partial charge in [-0.15, -0.1) is 0 Å². The third kappa shape index (κ3) is 2.52. The van der Waals surface area contributed by atoms with E-state index in [1.807, 2.05) is 17.0 Å². The van der Waals surface area contributed by atoms with Gasteiger partial charge in [-0.3, -0.25) is 9.59 Å². The van der Waals surface area contributed by atoms with E-state index in [0.29, 0.717) is 30.1 Å². The highest BCUT2D eigenvalue weighted by Gasteiger charge is 2.42. The van der Waals surface area contributed by atoms with Gasteiger partial charge in [0.05, 0.1) is 6.42 Å². The van der Waals surface area contributed by atoms with E-state index in [-0.39, 0.29) is 18.0 Å². The molecule has 2 bridgehead atoms. The van der Waals surface area contributed by atoms with Gasteiger partial charge in [-0.1, -0.05) is 23.7 Å². The van der Waals surface area contributed by atoms with E-state index >= 15 is 0 Å². The molecule has 0 radical (unpaired) electrons. The van der Waals surface area contributed by atoms with Crippen molar-refractivity contribution in [3.63, 3.8) is 0 Å². The van der Waals surface area contributed by atoms with Crippen molar-refractivity contribution < 1.29 is 9.59 Å². The van der Waals surface area contributed by atoms with Crippen molar-refractivity contribution in [3.05, 3.63) is 34.9 Å². The van der Waals surface area contributed by atoms with Crippen LogP contribution in [-0.4, -0.2) is 28.7 Å². The zero-order valence-electron chi connectivity index (χ0n) is 10.6. The lowest BCUT2D eigenvalue weighted by molar-refractivity contribution is -0.138. The van der Waals surface area contributed by atoms with Crippen LogP contribution in [0.1, 0.15) is 31.2 Å². The molecule has 0 saturated carbocycles. The van der Waals surface area contributed by atoms with Crippen LogP contribution in [0.15, 0.2) is 24.3 Å². The van der Waals surface area contributed by atoms with Crippen molar-refractivity contribution in [2.45, 2.75) is 44.2 Å². The molecule has 3 nitrogen and oxygen atoms in total. The SMILES string of the molecule is O=C1CC2CCC(C1)N2C(=O)Cc1ccc(Cl)cc1. The minimum absolute atomic E-state index is 0.141. The lowest BCUT2D eigenvalue weighted by Gasteiger charge is -2.34. The van der Waals surface area contributed by atoms with Gasteiger partial charge >= 0.3 is 0 Å². The van der Waals surface area contributed by atoms with Gasteiger partial charge in [0.1, 0.15) is 5.78 Å². The minimum Gasteiger partial charge on any atom is -0.336 e. The Labute approximate surface area is 117 Å². The van der Waals surface area contributed by atoms with E-state index in [0.717, 1.165) is 18.4 Å². The van der Waals surface area contributed by atoms with Gasteiger partial charge in [-0.25, -0.2) is 0 Å². The summed E-state index contributed by atoms with van der Waals surface area (Å²) >= 11 is 5.84. The standard InChI is InChI=1S/C15H16ClNO2/c16-11-3-1-10(2-4-11)7-15(19)17-12-5-6-13(17)9-14(18)8-12/h1-4,12-13H,5-9H2. The van der Waals surface area contributed by atoms with Gasteiger partial charge in [0.2, 0.25) is 5.91 Å². The quantitative estimate of drug-likeness (QED) is 0.833. The van der Waals surface area contributed by atoms with E-state index in [4.69, 9.17) is 11.6 Å². The molecule has 19 heavy (non-hydrogen) atoms. The highest BCUT2D eigenvalue weighted by molar-refractivity contribution is 6.30. The molecule has 2 unspecified atom stereocenters. The first kappa shape index (κ1) is 12.7. The Morgan fingerprint density at radius 3 is 2.32 bits per heavy atom. The van der Waals surface area contributed by atoms with E-state index < -0.39 is 0 Å². The predicted octanol–water partition coefficient (Wildman–Crippen LogP) is 2.61. The summed E-state index contributed by atoms with van der Waals surface area (Å²) in [6.45, 7) is 0. The number of benzene rings is 1. The van der Waals surface area contributed by atoms with Gasteiger partial charge < -0.3 is 4.90 Å². The molecule has 1 amide bonds. The molecular formula is C15H16ClNO2. The number of hydrogen-bond acceptors (Lipinski definition) is 2. The highest BCUT2D eigenvalue weighted by Crippen LogP contribution is 2.34. The fraction of sp³-hybridized carbons (Fsp3) is 0.467. The third-order valence-corrected chi connectivity index (χ3v) is 4.36. The summed E-state index contributed by atoms with van der Waals surface area (Å²) < 4.78 is 0. The fourth-order valence-corrected chi connectivity index (χ4v) is 3.37. The topological polar surface area (TPSA) is 37.4 Å². The average Bonchev–Trinajstić information content (AvgIpc) is 2.65. The fourth-order valence-electron chi connectivity index (χ4n) is 3.25. The lowest BCUT2D eigenvalue weighted by atomic mass is 10.00. The van der Waals surface area contributed by atoms with E-state index in [1.54, 1.807) is 12.1 Å². The summed E-state index contributed by atoms with van der Waals surface area (Å²) in [6.07, 6.45) is 3.44. The molecule has 0 spiro atoms. The van der Waals surface area contributed by atoms with Gasteiger partial charge in [0.25, 0.3) is 0 Å². The number of ketones is 1. The number of halogens is 1. The normalized spacial score (nSPS) is 25.7. The maximum absolute atomic E-state index is 12.4. The molecule has 1 aromatic rings. The Morgan fingerprint density at radius 1 is 1.16 bits per heavy atom. The first-order valence-corrected chi connectivity index (χ1v) is 7.08. The van der Waals surface area contributed by atoms with Crippen LogP contribution in [0.2, 0.25) is 5.02 Å². The number of piperidine rings is 1. The van der Waals surface area contributed by atoms with Crippen LogP contribution in [0.25, 0.3) is 0 Å². The minimum atomic E-state index is 0.141. The number of hydrogen-bond donors (Lipinski definition) is 0. The Bertz CT molecular complexity index is 495. The summed E-state index contributed by atoms with van der Waals surface area (Å²) in [5.41, 5.74) is 0.978. The zero-order chi connectivity index (χ0) is 13.4. The van der Waals surface area contributed by atoms with Crippen molar-refractivity contribution in [1.82, 2.24) is 4.90 Å². The largest absolute Gasteiger partial charge is 0.336 e. The molecular weight excluding hydrogens is 262 g/mol. The molecule has 2 aliphatic rings. The van der Waals surface area contributed by atoms with Crippen LogP contribution in [-0.2, 0) is 16.0 Å². The second kappa shape index (κ2) is 4.97. The molecule has 2 saturated heterocycles.